The van der Waals surface area contributed by atoms with Gasteiger partial charge in [-0.15, -0.1) is 0 Å². The van der Waals surface area contributed by atoms with Gasteiger partial charge >= 0.3 is 57.4 Å². The molecule has 0 fully saturated rings. The Hall–Kier alpha value is 0.416. The zero-order valence-corrected chi connectivity index (χ0v) is 10.5. The van der Waals surface area contributed by atoms with Gasteiger partial charge in [-0.3, -0.25) is 0 Å². The maximum atomic E-state index is 10.3. The Bertz CT molecular complexity index is 250. The van der Waals surface area contributed by atoms with Gasteiger partial charge in [-0.1, -0.05) is 0 Å². The van der Waals surface area contributed by atoms with Crippen LogP contribution in [0.3, 0.4) is 0 Å². The Morgan fingerprint density at radius 3 is 2.00 bits per heavy atom. The van der Waals surface area contributed by atoms with Gasteiger partial charge in [0.05, 0.1) is 5.56 Å². The molecule has 0 spiro atoms. The summed E-state index contributed by atoms with van der Waals surface area (Å²) in [5, 5.41) is 8.43. The van der Waals surface area contributed by atoms with Crippen molar-refractivity contribution in [2.24, 2.45) is 0 Å². The van der Waals surface area contributed by atoms with E-state index in [2.05, 4.69) is 0 Å². The van der Waals surface area contributed by atoms with Gasteiger partial charge in [0.25, 0.3) is 0 Å². The zero-order chi connectivity index (χ0) is 7.56. The first-order valence-corrected chi connectivity index (χ1v) is 2.79. The molecule has 60 valence electrons. The first kappa shape index (κ1) is 14.9. The summed E-state index contributed by atoms with van der Waals surface area (Å²) in [5.74, 6) is -0.931. The second-order valence-corrected chi connectivity index (χ2v) is 1.93. The molecular weight excluding hydrogens is 205 g/mol. The zero-order valence-electron chi connectivity index (χ0n) is 6.62. The van der Waals surface area contributed by atoms with Crippen molar-refractivity contribution in [3.8, 4) is 0 Å². The van der Waals surface area contributed by atoms with Crippen LogP contribution in [-0.4, -0.2) is 11.1 Å². The van der Waals surface area contributed by atoms with Crippen molar-refractivity contribution in [1.82, 2.24) is 0 Å². The van der Waals surface area contributed by atoms with Crippen LogP contribution in [0.2, 0.25) is 0 Å². The molecule has 0 saturated heterocycles. The molecule has 5 heteroatoms. The number of halogens is 1. The van der Waals surface area contributed by atoms with Crippen LogP contribution < -0.4 is 69.5 Å². The van der Waals surface area contributed by atoms with Crippen LogP contribution in [0.25, 0.3) is 0 Å². The Kier molecular flexibility index (Phi) is 8.55. The number of carboxylic acid groups (broad SMARTS) is 1. The number of anilines is 1. The molecule has 0 saturated carbocycles. The fourth-order valence-electron chi connectivity index (χ4n) is 0.626. The van der Waals surface area contributed by atoms with E-state index in [0.29, 0.717) is 5.69 Å². The fourth-order valence-corrected chi connectivity index (χ4v) is 0.626. The molecule has 3 N–H and O–H groups in total. The van der Waals surface area contributed by atoms with Gasteiger partial charge < -0.3 is 23.2 Å². The minimum Gasteiger partial charge on any atom is -1.00 e. The quantitative estimate of drug-likeness (QED) is 0.361. The van der Waals surface area contributed by atoms with E-state index in [1.165, 1.54) is 12.1 Å². The first-order chi connectivity index (χ1) is 4.70. The second-order valence-electron chi connectivity index (χ2n) is 1.93. The van der Waals surface area contributed by atoms with Gasteiger partial charge in [-0.05, 0) is 24.3 Å². The predicted molar refractivity (Wildman–Crippen MR) is 37.8 cm³/mol. The number of hydrogen-bond donors (Lipinski definition) is 2. The number of rotatable bonds is 1. The summed E-state index contributed by atoms with van der Waals surface area (Å²) in [6.07, 6.45) is 0. The van der Waals surface area contributed by atoms with Crippen molar-refractivity contribution in [2.45, 2.75) is 0 Å². The predicted octanol–water partition coefficient (Wildman–Crippen LogP) is -5.02. The van der Waals surface area contributed by atoms with Crippen LogP contribution in [0.5, 0.6) is 0 Å². The van der Waals surface area contributed by atoms with Crippen molar-refractivity contribution in [2.75, 3.05) is 5.73 Å². The summed E-state index contributed by atoms with van der Waals surface area (Å²) in [6.45, 7) is 0. The van der Waals surface area contributed by atoms with Crippen LogP contribution in [0.4, 0.5) is 5.69 Å². The molecule has 1 rings (SSSR count). The third-order valence-corrected chi connectivity index (χ3v) is 1.16. The van der Waals surface area contributed by atoms with Crippen molar-refractivity contribution in [3.05, 3.63) is 29.8 Å². The molecule has 0 atom stereocenters. The third kappa shape index (κ3) is 4.44. The molecule has 3 nitrogen and oxygen atoms in total. The maximum Gasteiger partial charge on any atom is 1.00 e. The van der Waals surface area contributed by atoms with E-state index in [9.17, 15) is 4.79 Å². The van der Waals surface area contributed by atoms with Gasteiger partial charge in [-0.2, -0.15) is 0 Å². The molecule has 0 aliphatic heterocycles. The van der Waals surface area contributed by atoms with Crippen LogP contribution in [0, 0.1) is 0 Å². The summed E-state index contributed by atoms with van der Waals surface area (Å²) in [4.78, 5) is 10.3. The van der Waals surface area contributed by atoms with E-state index in [-0.39, 0.29) is 69.4 Å². The van der Waals surface area contributed by atoms with E-state index < -0.39 is 5.97 Å². The summed E-state index contributed by atoms with van der Waals surface area (Å²) < 4.78 is 0. The number of carboxylic acids is 1. The van der Waals surface area contributed by atoms with Crippen LogP contribution >= 0.6 is 0 Å². The van der Waals surface area contributed by atoms with E-state index in [0.717, 1.165) is 0 Å². The van der Waals surface area contributed by atoms with E-state index in [1.54, 1.807) is 12.1 Å². The first-order valence-electron chi connectivity index (χ1n) is 2.79. The monoisotopic (exact) mass is 211 g/mol. The number of benzene rings is 1. The van der Waals surface area contributed by atoms with E-state index >= 15 is 0 Å². The van der Waals surface area contributed by atoms with Crippen molar-refractivity contribution in [3.63, 3.8) is 0 Å². The molecular formula is C7H7ClKNO2. The van der Waals surface area contributed by atoms with Crippen molar-refractivity contribution < 1.29 is 73.7 Å². The molecule has 1 aromatic rings. The Balaban J connectivity index is 0. The molecule has 12 heavy (non-hydrogen) atoms. The average Bonchev–Trinajstić information content (AvgIpc) is 1.88. The van der Waals surface area contributed by atoms with Gasteiger partial charge in [0.2, 0.25) is 0 Å². The topological polar surface area (TPSA) is 63.3 Å². The molecule has 0 bridgehead atoms. The van der Waals surface area contributed by atoms with Gasteiger partial charge in [0.1, 0.15) is 0 Å². The summed E-state index contributed by atoms with van der Waals surface area (Å²) in [5.41, 5.74) is 6.17. The molecule has 0 radical (unpaired) electrons. The number of hydrogen-bond acceptors (Lipinski definition) is 2. The molecule has 0 amide bonds. The van der Waals surface area contributed by atoms with E-state index in [4.69, 9.17) is 10.8 Å². The molecule has 0 heterocycles. The number of nitrogens with two attached hydrogens (primary N) is 1. The van der Waals surface area contributed by atoms with E-state index in [1.807, 2.05) is 0 Å². The standard InChI is InChI=1S/C7H7NO2.ClH.K/c8-6-3-1-5(2-4-6)7(9)10;;/h1-4H,8H2,(H,9,10);1H;/q;;+1/p-1. The Morgan fingerprint density at radius 2 is 1.67 bits per heavy atom. The van der Waals surface area contributed by atoms with Crippen molar-refractivity contribution >= 4 is 11.7 Å². The number of carbonyl (C=O) groups is 1. The minimum absolute atomic E-state index is 0. The fraction of sp³-hybridized carbons (Fsp3) is 0. The van der Waals surface area contributed by atoms with Crippen LogP contribution in [0.15, 0.2) is 24.3 Å². The maximum absolute atomic E-state index is 10.3. The summed E-state index contributed by atoms with van der Waals surface area (Å²) in [7, 11) is 0. The van der Waals surface area contributed by atoms with Gasteiger partial charge in [0, 0.05) is 5.69 Å². The molecule has 1 aromatic carbocycles. The molecule has 0 unspecified atom stereocenters. The Labute approximate surface area is 119 Å². The summed E-state index contributed by atoms with van der Waals surface area (Å²) >= 11 is 0. The molecule has 0 aliphatic carbocycles. The largest absolute Gasteiger partial charge is 1.00 e. The number of aromatic carboxylic acids is 1. The van der Waals surface area contributed by atoms with Crippen LogP contribution in [-0.2, 0) is 0 Å². The number of nitrogen functional groups attached to an aromatic ring is 1. The summed E-state index contributed by atoms with van der Waals surface area (Å²) in [6, 6.07) is 6.06. The smallest absolute Gasteiger partial charge is 1.00 e. The van der Waals surface area contributed by atoms with Gasteiger partial charge in [0.15, 0.2) is 0 Å². The van der Waals surface area contributed by atoms with Gasteiger partial charge in [-0.25, -0.2) is 4.79 Å². The third-order valence-electron chi connectivity index (χ3n) is 1.16. The average molecular weight is 212 g/mol. The van der Waals surface area contributed by atoms with Crippen LogP contribution in [0.1, 0.15) is 10.4 Å². The minimum atomic E-state index is -0.931. The Morgan fingerprint density at radius 1 is 1.25 bits per heavy atom. The SMILES string of the molecule is Nc1ccc(C(=O)O)cc1.[Cl-].[K+]. The molecule has 0 aliphatic rings. The second kappa shape index (κ2) is 6.88. The molecule has 0 aromatic heterocycles. The normalized spacial score (nSPS) is 7.67. The van der Waals surface area contributed by atoms with Crippen molar-refractivity contribution in [1.29, 1.82) is 0 Å².